The van der Waals surface area contributed by atoms with Crippen molar-refractivity contribution in [2.75, 3.05) is 17.2 Å². The fourth-order valence-electron chi connectivity index (χ4n) is 2.46. The van der Waals surface area contributed by atoms with Crippen LogP contribution < -0.4 is 15.4 Å². The van der Waals surface area contributed by atoms with E-state index in [0.717, 1.165) is 17.1 Å². The van der Waals surface area contributed by atoms with Crippen LogP contribution in [0.3, 0.4) is 0 Å². The summed E-state index contributed by atoms with van der Waals surface area (Å²) in [5.41, 5.74) is 2.96. The van der Waals surface area contributed by atoms with Crippen molar-refractivity contribution in [2.45, 2.75) is 0 Å². The molecule has 0 fully saturated rings. The highest BCUT2D eigenvalue weighted by atomic mass is 16.5. The molecule has 0 bridgehead atoms. The molecule has 0 saturated heterocycles. The summed E-state index contributed by atoms with van der Waals surface area (Å²) in [5.74, 6) is 0.554. The van der Waals surface area contributed by atoms with Crippen LogP contribution in [0.4, 0.5) is 17.1 Å². The summed E-state index contributed by atoms with van der Waals surface area (Å²) in [6.45, 7) is 4.07. The molecule has 3 aromatic rings. The zero-order valence-electron chi connectivity index (χ0n) is 14.3. The molecular formula is C22H20N2O2. The van der Waals surface area contributed by atoms with Gasteiger partial charge in [0, 0.05) is 11.4 Å². The van der Waals surface area contributed by atoms with Crippen molar-refractivity contribution in [3.05, 3.63) is 97.1 Å². The van der Waals surface area contributed by atoms with Crippen LogP contribution in [-0.4, -0.2) is 12.5 Å². The molecule has 1 amide bonds. The topological polar surface area (TPSA) is 50.4 Å². The Balaban J connectivity index is 1.72. The summed E-state index contributed by atoms with van der Waals surface area (Å²) in [4.78, 5) is 12.7. The molecule has 4 nitrogen and oxygen atoms in total. The second-order valence-electron chi connectivity index (χ2n) is 5.61. The molecule has 0 aliphatic heterocycles. The van der Waals surface area contributed by atoms with Crippen LogP contribution in [-0.2, 0) is 0 Å². The van der Waals surface area contributed by atoms with Gasteiger partial charge < -0.3 is 15.4 Å². The van der Waals surface area contributed by atoms with Crippen molar-refractivity contribution in [1.29, 1.82) is 0 Å². The van der Waals surface area contributed by atoms with Gasteiger partial charge in [0.05, 0.1) is 11.3 Å². The Kier molecular flexibility index (Phi) is 5.68. The molecular weight excluding hydrogens is 324 g/mol. The summed E-state index contributed by atoms with van der Waals surface area (Å²) in [5, 5.41) is 6.19. The first-order valence-electron chi connectivity index (χ1n) is 8.32. The minimum Gasteiger partial charge on any atom is -0.490 e. The van der Waals surface area contributed by atoms with Gasteiger partial charge in [0.25, 0.3) is 5.91 Å². The Labute approximate surface area is 153 Å². The Morgan fingerprint density at radius 3 is 2.31 bits per heavy atom. The lowest BCUT2D eigenvalue weighted by Gasteiger charge is -2.12. The zero-order chi connectivity index (χ0) is 18.2. The van der Waals surface area contributed by atoms with Gasteiger partial charge in [-0.25, -0.2) is 0 Å². The largest absolute Gasteiger partial charge is 0.490 e. The number of amides is 1. The van der Waals surface area contributed by atoms with E-state index in [2.05, 4.69) is 17.2 Å². The Morgan fingerprint density at radius 2 is 1.58 bits per heavy atom. The van der Waals surface area contributed by atoms with E-state index in [0.29, 0.717) is 17.9 Å². The van der Waals surface area contributed by atoms with E-state index in [1.165, 1.54) is 0 Å². The zero-order valence-corrected chi connectivity index (χ0v) is 14.3. The second kappa shape index (κ2) is 8.53. The number of para-hydroxylation sites is 2. The summed E-state index contributed by atoms with van der Waals surface area (Å²) >= 11 is 0. The molecule has 26 heavy (non-hydrogen) atoms. The van der Waals surface area contributed by atoms with E-state index in [1.54, 1.807) is 12.1 Å². The van der Waals surface area contributed by atoms with Crippen LogP contribution in [0.1, 0.15) is 10.4 Å². The van der Waals surface area contributed by atoms with Crippen LogP contribution in [0, 0.1) is 0 Å². The first-order chi connectivity index (χ1) is 12.8. The molecule has 0 unspecified atom stereocenters. The second-order valence-corrected chi connectivity index (χ2v) is 5.61. The number of rotatable bonds is 7. The third-order valence-corrected chi connectivity index (χ3v) is 3.70. The molecule has 0 atom stereocenters. The molecule has 0 saturated carbocycles. The van der Waals surface area contributed by atoms with E-state index >= 15 is 0 Å². The van der Waals surface area contributed by atoms with Crippen LogP contribution in [0.15, 0.2) is 91.5 Å². The van der Waals surface area contributed by atoms with E-state index in [9.17, 15) is 4.79 Å². The van der Waals surface area contributed by atoms with E-state index in [4.69, 9.17) is 4.74 Å². The van der Waals surface area contributed by atoms with Crippen LogP contribution in [0.25, 0.3) is 0 Å². The number of nitrogens with one attached hydrogen (secondary N) is 2. The van der Waals surface area contributed by atoms with Crippen molar-refractivity contribution >= 4 is 23.0 Å². The van der Waals surface area contributed by atoms with Crippen molar-refractivity contribution in [1.82, 2.24) is 0 Å². The molecule has 3 aromatic carbocycles. The van der Waals surface area contributed by atoms with Crippen molar-refractivity contribution in [3.8, 4) is 5.75 Å². The summed E-state index contributed by atoms with van der Waals surface area (Å²) in [6, 6.07) is 24.4. The Bertz CT molecular complexity index is 874. The van der Waals surface area contributed by atoms with Crippen molar-refractivity contribution < 1.29 is 9.53 Å². The first kappa shape index (κ1) is 17.3. The summed E-state index contributed by atoms with van der Waals surface area (Å²) < 4.78 is 5.44. The molecule has 2 N–H and O–H groups in total. The molecule has 0 radical (unpaired) electrons. The molecule has 3 rings (SSSR count). The standard InChI is InChI=1S/C22H20N2O2/c1-2-16-26-19-14-12-18(13-15-19)24-22(25)20-10-6-7-11-21(20)23-17-8-4-3-5-9-17/h2-15,23H,1,16H2,(H,24,25). The number of carbonyl (C=O) groups excluding carboxylic acids is 1. The minimum atomic E-state index is -0.177. The predicted octanol–water partition coefficient (Wildman–Crippen LogP) is 5.25. The molecule has 0 aliphatic carbocycles. The van der Waals surface area contributed by atoms with E-state index < -0.39 is 0 Å². The number of anilines is 3. The smallest absolute Gasteiger partial charge is 0.257 e. The fourth-order valence-corrected chi connectivity index (χ4v) is 2.46. The lowest BCUT2D eigenvalue weighted by Crippen LogP contribution is -2.13. The van der Waals surface area contributed by atoms with Gasteiger partial charge >= 0.3 is 0 Å². The van der Waals surface area contributed by atoms with Crippen LogP contribution in [0.5, 0.6) is 5.75 Å². The average Bonchev–Trinajstić information content (AvgIpc) is 2.68. The lowest BCUT2D eigenvalue weighted by molar-refractivity contribution is 0.102. The van der Waals surface area contributed by atoms with Crippen LogP contribution >= 0.6 is 0 Å². The molecule has 130 valence electrons. The minimum absolute atomic E-state index is 0.177. The molecule has 4 heteroatoms. The summed E-state index contributed by atoms with van der Waals surface area (Å²) in [6.07, 6.45) is 1.69. The highest BCUT2D eigenvalue weighted by molar-refractivity contribution is 6.08. The van der Waals surface area contributed by atoms with Crippen molar-refractivity contribution in [2.24, 2.45) is 0 Å². The van der Waals surface area contributed by atoms with Crippen molar-refractivity contribution in [3.63, 3.8) is 0 Å². The van der Waals surface area contributed by atoms with Gasteiger partial charge in [0.1, 0.15) is 12.4 Å². The number of hydrogen-bond acceptors (Lipinski definition) is 3. The van der Waals surface area contributed by atoms with Gasteiger partial charge in [-0.3, -0.25) is 4.79 Å². The molecule has 0 aromatic heterocycles. The third kappa shape index (κ3) is 4.51. The van der Waals surface area contributed by atoms with E-state index in [-0.39, 0.29) is 5.91 Å². The monoisotopic (exact) mass is 344 g/mol. The number of hydrogen-bond donors (Lipinski definition) is 2. The number of ether oxygens (including phenoxy) is 1. The van der Waals surface area contributed by atoms with Gasteiger partial charge in [-0.2, -0.15) is 0 Å². The molecule has 0 heterocycles. The maximum Gasteiger partial charge on any atom is 0.257 e. The highest BCUT2D eigenvalue weighted by Gasteiger charge is 2.11. The van der Waals surface area contributed by atoms with Gasteiger partial charge in [0.15, 0.2) is 0 Å². The van der Waals surface area contributed by atoms with Gasteiger partial charge in [-0.05, 0) is 48.5 Å². The SMILES string of the molecule is C=CCOc1ccc(NC(=O)c2ccccc2Nc2ccccc2)cc1. The molecule has 0 aliphatic rings. The quantitative estimate of drug-likeness (QED) is 0.576. The lowest BCUT2D eigenvalue weighted by atomic mass is 10.1. The molecule has 0 spiro atoms. The summed E-state index contributed by atoms with van der Waals surface area (Å²) in [7, 11) is 0. The average molecular weight is 344 g/mol. The third-order valence-electron chi connectivity index (χ3n) is 3.70. The first-order valence-corrected chi connectivity index (χ1v) is 8.32. The van der Waals surface area contributed by atoms with Gasteiger partial charge in [0.2, 0.25) is 0 Å². The van der Waals surface area contributed by atoms with E-state index in [1.807, 2.05) is 72.8 Å². The number of benzene rings is 3. The normalized spacial score (nSPS) is 10.0. The maximum absolute atomic E-state index is 12.7. The number of carbonyl (C=O) groups is 1. The fraction of sp³-hybridized carbons (Fsp3) is 0.0455. The predicted molar refractivity (Wildman–Crippen MR) is 106 cm³/mol. The Morgan fingerprint density at radius 1 is 0.885 bits per heavy atom. The maximum atomic E-state index is 12.7. The van der Waals surface area contributed by atoms with Crippen LogP contribution in [0.2, 0.25) is 0 Å². The van der Waals surface area contributed by atoms with Gasteiger partial charge in [-0.15, -0.1) is 0 Å². The van der Waals surface area contributed by atoms with Gasteiger partial charge in [-0.1, -0.05) is 43.0 Å². The Hall–Kier alpha value is -3.53. The highest BCUT2D eigenvalue weighted by Crippen LogP contribution is 2.22.